The third kappa shape index (κ3) is 3.38. The van der Waals surface area contributed by atoms with Crippen molar-refractivity contribution in [3.63, 3.8) is 0 Å². The van der Waals surface area contributed by atoms with Gasteiger partial charge in [-0.1, -0.05) is 22.0 Å². The van der Waals surface area contributed by atoms with E-state index in [2.05, 4.69) is 52.9 Å². The zero-order valence-corrected chi connectivity index (χ0v) is 12.8. The van der Waals surface area contributed by atoms with Crippen LogP contribution in [0.15, 0.2) is 22.7 Å². The van der Waals surface area contributed by atoms with Crippen LogP contribution in [0.4, 0.5) is 5.69 Å². The van der Waals surface area contributed by atoms with Crippen molar-refractivity contribution in [3.05, 3.63) is 28.2 Å². The van der Waals surface area contributed by atoms with Crippen LogP contribution >= 0.6 is 27.5 Å². The summed E-state index contributed by atoms with van der Waals surface area (Å²) in [6.45, 7) is 5.67. The normalized spacial score (nSPS) is 15.4. The van der Waals surface area contributed by atoms with Crippen LogP contribution in [0.2, 0.25) is 0 Å². The Balaban J connectivity index is 2.29. The molecule has 1 nitrogen and oxygen atoms in total. The van der Waals surface area contributed by atoms with Gasteiger partial charge < -0.3 is 4.90 Å². The number of anilines is 1. The second-order valence-electron chi connectivity index (χ2n) is 5.10. The van der Waals surface area contributed by atoms with Gasteiger partial charge in [0, 0.05) is 28.6 Å². The molecule has 1 aromatic rings. The molecule has 17 heavy (non-hydrogen) atoms. The second kappa shape index (κ2) is 5.62. The molecule has 3 heteroatoms. The molecule has 94 valence electrons. The van der Waals surface area contributed by atoms with Crippen LogP contribution in [0.3, 0.4) is 0 Å². The summed E-state index contributed by atoms with van der Waals surface area (Å²) in [5.41, 5.74) is 2.51. The summed E-state index contributed by atoms with van der Waals surface area (Å²) in [5.74, 6) is 1.47. The van der Waals surface area contributed by atoms with Crippen molar-refractivity contribution in [1.29, 1.82) is 0 Å². The second-order valence-corrected chi connectivity index (χ2v) is 6.28. The number of nitrogens with zero attached hydrogens (tertiary/aromatic N) is 1. The van der Waals surface area contributed by atoms with Crippen molar-refractivity contribution >= 4 is 33.2 Å². The minimum absolute atomic E-state index is 0.520. The summed E-state index contributed by atoms with van der Waals surface area (Å²) in [6, 6.07) is 6.90. The molecule has 0 N–H and O–H groups in total. The highest BCUT2D eigenvalue weighted by Crippen LogP contribution is 2.34. The highest BCUT2D eigenvalue weighted by Gasteiger charge is 2.26. The fourth-order valence-corrected chi connectivity index (χ4v) is 2.66. The maximum absolute atomic E-state index is 6.04. The quantitative estimate of drug-likeness (QED) is 0.704. The van der Waals surface area contributed by atoms with E-state index < -0.39 is 0 Å². The highest BCUT2D eigenvalue weighted by atomic mass is 79.9. The molecule has 0 aliphatic heterocycles. The van der Waals surface area contributed by atoms with Gasteiger partial charge in [0.25, 0.3) is 0 Å². The first kappa shape index (κ1) is 13.2. The Hall–Kier alpha value is -0.210. The van der Waals surface area contributed by atoms with Crippen LogP contribution in [0.1, 0.15) is 32.3 Å². The van der Waals surface area contributed by atoms with Gasteiger partial charge in [-0.3, -0.25) is 0 Å². The molecule has 0 unspecified atom stereocenters. The molecule has 1 aromatic carbocycles. The minimum atomic E-state index is 0.520. The molecule has 0 heterocycles. The average molecular weight is 317 g/mol. The molecule has 1 saturated carbocycles. The Kier molecular flexibility index (Phi) is 4.37. The Bertz CT molecular complexity index is 388. The van der Waals surface area contributed by atoms with Crippen LogP contribution in [0.25, 0.3) is 0 Å². The lowest BCUT2D eigenvalue weighted by molar-refractivity contribution is 0.643. The zero-order valence-electron chi connectivity index (χ0n) is 10.4. The maximum Gasteiger partial charge on any atom is 0.0494 e. The zero-order chi connectivity index (χ0) is 12.4. The van der Waals surface area contributed by atoms with E-state index in [9.17, 15) is 0 Å². The topological polar surface area (TPSA) is 3.24 Å². The first-order valence-corrected chi connectivity index (χ1v) is 7.55. The summed E-state index contributed by atoms with van der Waals surface area (Å²) in [6.07, 6.45) is 2.76. The summed E-state index contributed by atoms with van der Waals surface area (Å²) >= 11 is 9.60. The SMILES string of the molecule is CC(C)N(CC1CC1)c1cc(Br)ccc1CCl. The van der Waals surface area contributed by atoms with Crippen molar-refractivity contribution in [2.75, 3.05) is 11.4 Å². The average Bonchev–Trinajstić information content (AvgIpc) is 3.09. The summed E-state index contributed by atoms with van der Waals surface area (Å²) in [7, 11) is 0. The Morgan fingerprint density at radius 1 is 1.41 bits per heavy atom. The molecule has 2 rings (SSSR count). The van der Waals surface area contributed by atoms with Crippen molar-refractivity contribution in [2.45, 2.75) is 38.6 Å². The first-order chi connectivity index (χ1) is 8.11. The van der Waals surface area contributed by atoms with E-state index in [-0.39, 0.29) is 0 Å². The molecule has 1 fully saturated rings. The Morgan fingerprint density at radius 2 is 2.12 bits per heavy atom. The van der Waals surface area contributed by atoms with E-state index in [0.717, 1.165) is 16.9 Å². The molecule has 0 saturated heterocycles. The minimum Gasteiger partial charge on any atom is -0.369 e. The molecule has 1 aliphatic carbocycles. The number of hydrogen-bond donors (Lipinski definition) is 0. The lowest BCUT2D eigenvalue weighted by atomic mass is 10.1. The van der Waals surface area contributed by atoms with E-state index in [4.69, 9.17) is 11.6 Å². The fourth-order valence-electron chi connectivity index (χ4n) is 2.08. The number of hydrogen-bond acceptors (Lipinski definition) is 1. The van der Waals surface area contributed by atoms with Crippen LogP contribution in [-0.2, 0) is 5.88 Å². The predicted octanol–water partition coefficient (Wildman–Crippen LogP) is 4.81. The van der Waals surface area contributed by atoms with Crippen molar-refractivity contribution < 1.29 is 0 Å². The fraction of sp³-hybridized carbons (Fsp3) is 0.571. The van der Waals surface area contributed by atoms with Gasteiger partial charge in [0.05, 0.1) is 0 Å². The highest BCUT2D eigenvalue weighted by molar-refractivity contribution is 9.10. The Morgan fingerprint density at radius 3 is 2.65 bits per heavy atom. The van der Waals surface area contributed by atoms with Gasteiger partial charge in [0.1, 0.15) is 0 Å². The van der Waals surface area contributed by atoms with Gasteiger partial charge in [-0.2, -0.15) is 0 Å². The molecule has 0 amide bonds. The van der Waals surface area contributed by atoms with Gasteiger partial charge in [-0.25, -0.2) is 0 Å². The van der Waals surface area contributed by atoms with Gasteiger partial charge >= 0.3 is 0 Å². The van der Waals surface area contributed by atoms with Crippen LogP contribution in [0.5, 0.6) is 0 Å². The number of alkyl halides is 1. The standard InChI is InChI=1S/C14H19BrClN/c1-10(2)17(9-11-3-4-11)14-7-13(15)6-5-12(14)8-16/h5-7,10-11H,3-4,8-9H2,1-2H3. The molecular weight excluding hydrogens is 298 g/mol. The first-order valence-electron chi connectivity index (χ1n) is 6.23. The predicted molar refractivity (Wildman–Crippen MR) is 78.9 cm³/mol. The molecule has 0 aromatic heterocycles. The third-order valence-electron chi connectivity index (χ3n) is 3.28. The molecular formula is C14H19BrClN. The van der Waals surface area contributed by atoms with Gasteiger partial charge in [0.15, 0.2) is 0 Å². The molecule has 0 spiro atoms. The van der Waals surface area contributed by atoms with Crippen LogP contribution in [0, 0.1) is 5.92 Å². The van der Waals surface area contributed by atoms with E-state index in [1.807, 2.05) is 0 Å². The number of benzene rings is 1. The van der Waals surface area contributed by atoms with Gasteiger partial charge in [-0.15, -0.1) is 11.6 Å². The van der Waals surface area contributed by atoms with E-state index in [1.165, 1.54) is 24.1 Å². The Labute approximate surface area is 117 Å². The molecule has 0 radical (unpaired) electrons. The van der Waals surface area contributed by atoms with Gasteiger partial charge in [-0.05, 0) is 50.3 Å². The number of rotatable bonds is 5. The largest absolute Gasteiger partial charge is 0.369 e. The van der Waals surface area contributed by atoms with E-state index in [1.54, 1.807) is 0 Å². The van der Waals surface area contributed by atoms with E-state index in [0.29, 0.717) is 11.9 Å². The van der Waals surface area contributed by atoms with Crippen molar-refractivity contribution in [3.8, 4) is 0 Å². The molecule has 0 bridgehead atoms. The lowest BCUT2D eigenvalue weighted by Crippen LogP contribution is -2.33. The van der Waals surface area contributed by atoms with Crippen molar-refractivity contribution in [2.24, 2.45) is 5.92 Å². The summed E-state index contributed by atoms with van der Waals surface area (Å²) in [4.78, 5) is 2.49. The van der Waals surface area contributed by atoms with Crippen LogP contribution < -0.4 is 4.90 Å². The van der Waals surface area contributed by atoms with Crippen molar-refractivity contribution in [1.82, 2.24) is 0 Å². The van der Waals surface area contributed by atoms with Crippen LogP contribution in [-0.4, -0.2) is 12.6 Å². The van der Waals surface area contributed by atoms with Gasteiger partial charge in [0.2, 0.25) is 0 Å². The van der Waals surface area contributed by atoms with E-state index >= 15 is 0 Å². The monoisotopic (exact) mass is 315 g/mol. The lowest BCUT2D eigenvalue weighted by Gasteiger charge is -2.31. The molecule has 0 atom stereocenters. The molecule has 1 aliphatic rings. The number of halogens is 2. The maximum atomic E-state index is 6.04. The summed E-state index contributed by atoms with van der Waals surface area (Å²) in [5, 5.41) is 0. The smallest absolute Gasteiger partial charge is 0.0494 e. The summed E-state index contributed by atoms with van der Waals surface area (Å²) < 4.78 is 1.13. The third-order valence-corrected chi connectivity index (χ3v) is 4.06.